The summed E-state index contributed by atoms with van der Waals surface area (Å²) in [5, 5.41) is 11.1. The van der Waals surface area contributed by atoms with Crippen LogP contribution in [0.15, 0.2) is 106 Å². The molecule has 1 fully saturated rings. The Morgan fingerprint density at radius 1 is 0.735 bits per heavy atom. The van der Waals surface area contributed by atoms with Gasteiger partial charge in [-0.05, 0) is 40.5 Å². The highest BCUT2D eigenvalue weighted by molar-refractivity contribution is 9.11. The van der Waals surface area contributed by atoms with Gasteiger partial charge in [0.15, 0.2) is 0 Å². The van der Waals surface area contributed by atoms with Crippen molar-refractivity contribution >= 4 is 49.1 Å². The van der Waals surface area contributed by atoms with Gasteiger partial charge in [0.05, 0.1) is 16.9 Å². The summed E-state index contributed by atoms with van der Waals surface area (Å²) in [6.07, 6.45) is 0. The van der Waals surface area contributed by atoms with E-state index in [0.29, 0.717) is 0 Å². The molecule has 1 amide bonds. The zero-order valence-electron chi connectivity index (χ0n) is 17.8. The predicted octanol–water partition coefficient (Wildman–Crippen LogP) is 7.66. The normalized spacial score (nSPS) is 17.4. The van der Waals surface area contributed by atoms with Crippen molar-refractivity contribution in [1.82, 2.24) is 0 Å². The van der Waals surface area contributed by atoms with E-state index in [0.717, 1.165) is 36.9 Å². The number of hydrogen-bond donors (Lipinski definition) is 0. The first-order valence-electron chi connectivity index (χ1n) is 10.6. The highest BCUT2D eigenvalue weighted by Gasteiger charge is 2.49. The van der Waals surface area contributed by atoms with Crippen LogP contribution in [0.25, 0.3) is 11.1 Å². The Labute approximate surface area is 213 Å². The summed E-state index contributed by atoms with van der Waals surface area (Å²) >= 11 is 7.01. The number of nitro benzene ring substituents is 1. The lowest BCUT2D eigenvalue weighted by Crippen LogP contribution is -2.53. The number of rotatable bonds is 5. The molecule has 5 rings (SSSR count). The van der Waals surface area contributed by atoms with Crippen molar-refractivity contribution in [2.45, 2.75) is 12.0 Å². The largest absolute Gasteiger partial charge is 0.303 e. The number of anilines is 1. The minimum absolute atomic E-state index is 0.0131. The number of carbonyl (C=O) groups excluding carboxylic acids is 1. The van der Waals surface area contributed by atoms with Crippen LogP contribution in [0.3, 0.4) is 0 Å². The average Bonchev–Trinajstić information content (AvgIpc) is 2.83. The zero-order valence-corrected chi connectivity index (χ0v) is 20.9. The third kappa shape index (κ3) is 4.17. The number of β-lactam (4-membered cyclic amide) rings is 1. The Kier molecular flexibility index (Phi) is 6.06. The number of benzene rings is 4. The highest BCUT2D eigenvalue weighted by atomic mass is 79.9. The Bertz CT molecular complexity index is 1350. The molecule has 1 heterocycles. The molecule has 0 bridgehead atoms. The molecule has 0 saturated carbocycles. The fourth-order valence-corrected chi connectivity index (χ4v) is 5.70. The van der Waals surface area contributed by atoms with Gasteiger partial charge in [-0.2, -0.15) is 0 Å². The molecule has 4 aromatic carbocycles. The summed E-state index contributed by atoms with van der Waals surface area (Å²) in [5.74, 6) is -0.398. The van der Waals surface area contributed by atoms with E-state index in [2.05, 4.69) is 44.0 Å². The molecule has 34 heavy (non-hydrogen) atoms. The number of non-ortho nitro benzene ring substituents is 1. The summed E-state index contributed by atoms with van der Waals surface area (Å²) in [6.45, 7) is 0. The molecule has 1 aliphatic rings. The lowest BCUT2D eigenvalue weighted by Gasteiger charge is -2.48. The molecule has 0 aliphatic carbocycles. The number of nitro groups is 1. The van der Waals surface area contributed by atoms with E-state index < -0.39 is 4.92 Å². The molecular weight excluding hydrogens is 560 g/mol. The van der Waals surface area contributed by atoms with Crippen LogP contribution in [0.4, 0.5) is 11.4 Å². The number of halogens is 2. The maximum absolute atomic E-state index is 13.5. The van der Waals surface area contributed by atoms with Gasteiger partial charge >= 0.3 is 0 Å². The minimum atomic E-state index is -0.418. The van der Waals surface area contributed by atoms with E-state index in [1.165, 1.54) is 12.1 Å². The summed E-state index contributed by atoms with van der Waals surface area (Å²) in [6, 6.07) is 30.0. The maximum Gasteiger partial charge on any atom is 0.269 e. The van der Waals surface area contributed by atoms with E-state index in [1.807, 2.05) is 60.7 Å². The average molecular weight is 578 g/mol. The molecular formula is C27H18Br2N2O3. The second kappa shape index (κ2) is 9.16. The third-order valence-electron chi connectivity index (χ3n) is 6.05. The minimum Gasteiger partial charge on any atom is -0.303 e. The number of amides is 1. The topological polar surface area (TPSA) is 63.4 Å². The summed E-state index contributed by atoms with van der Waals surface area (Å²) in [5.41, 5.74) is 4.73. The second-order valence-electron chi connectivity index (χ2n) is 8.10. The van der Waals surface area contributed by atoms with Crippen molar-refractivity contribution in [2.75, 3.05) is 4.90 Å². The Morgan fingerprint density at radius 3 is 1.88 bits per heavy atom. The molecule has 0 aromatic heterocycles. The van der Waals surface area contributed by atoms with Crippen LogP contribution < -0.4 is 4.90 Å². The molecule has 168 valence electrons. The molecule has 0 radical (unpaired) electrons. The van der Waals surface area contributed by atoms with Crippen molar-refractivity contribution < 1.29 is 9.72 Å². The number of nitrogens with zero attached hydrogens (tertiary/aromatic N) is 2. The van der Waals surface area contributed by atoms with Crippen LogP contribution in [-0.2, 0) is 4.79 Å². The van der Waals surface area contributed by atoms with Crippen LogP contribution in [0, 0.1) is 10.1 Å². The summed E-state index contributed by atoms with van der Waals surface area (Å²) in [4.78, 5) is 26.0. The lowest BCUT2D eigenvalue weighted by atomic mass is 9.77. The van der Waals surface area contributed by atoms with Gasteiger partial charge in [-0.3, -0.25) is 14.9 Å². The number of hydrogen-bond acceptors (Lipinski definition) is 3. The monoisotopic (exact) mass is 576 g/mol. The van der Waals surface area contributed by atoms with E-state index >= 15 is 0 Å². The van der Waals surface area contributed by atoms with Crippen LogP contribution in [0.5, 0.6) is 0 Å². The van der Waals surface area contributed by atoms with Crippen molar-refractivity contribution in [3.05, 3.63) is 127 Å². The van der Waals surface area contributed by atoms with Gasteiger partial charge < -0.3 is 4.90 Å². The van der Waals surface area contributed by atoms with Crippen LogP contribution in [0.2, 0.25) is 0 Å². The Morgan fingerprint density at radius 2 is 1.29 bits per heavy atom. The lowest BCUT2D eigenvalue weighted by molar-refractivity contribution is -0.384. The van der Waals surface area contributed by atoms with Crippen molar-refractivity contribution in [1.29, 1.82) is 0 Å². The molecule has 7 heteroatoms. The van der Waals surface area contributed by atoms with Crippen molar-refractivity contribution in [2.24, 2.45) is 0 Å². The molecule has 1 aliphatic heterocycles. The van der Waals surface area contributed by atoms with Gasteiger partial charge in [-0.25, -0.2) is 0 Å². The van der Waals surface area contributed by atoms with Gasteiger partial charge in [0, 0.05) is 26.8 Å². The Balaban J connectivity index is 1.54. The zero-order chi connectivity index (χ0) is 23.8. The van der Waals surface area contributed by atoms with Gasteiger partial charge in [-0.15, -0.1) is 0 Å². The smallest absolute Gasteiger partial charge is 0.269 e. The van der Waals surface area contributed by atoms with Crippen molar-refractivity contribution in [3.8, 4) is 11.1 Å². The van der Waals surface area contributed by atoms with Crippen LogP contribution in [-0.4, -0.2) is 10.8 Å². The predicted molar refractivity (Wildman–Crippen MR) is 140 cm³/mol. The summed E-state index contributed by atoms with van der Waals surface area (Å²) < 4.78 is 1.70. The first kappa shape index (κ1) is 22.5. The summed E-state index contributed by atoms with van der Waals surface area (Å²) in [7, 11) is 0. The second-order valence-corrected chi connectivity index (χ2v) is 9.93. The first-order valence-corrected chi connectivity index (χ1v) is 12.2. The fraction of sp³-hybridized carbons (Fsp3) is 0.0741. The fourth-order valence-electron chi connectivity index (χ4n) is 4.43. The molecule has 2 atom stereocenters. The van der Waals surface area contributed by atoms with E-state index in [1.54, 1.807) is 17.0 Å². The van der Waals surface area contributed by atoms with Gasteiger partial charge in [0.25, 0.3) is 5.69 Å². The van der Waals surface area contributed by atoms with Crippen LogP contribution >= 0.6 is 31.9 Å². The number of carbonyl (C=O) groups is 1. The van der Waals surface area contributed by atoms with Gasteiger partial charge in [-0.1, -0.05) is 98.6 Å². The first-order chi connectivity index (χ1) is 16.4. The SMILES string of the molecule is O=C1[C@H](c2ccc(-c3ccccc3)cc2)[C@@H](c2ccc([N+](=O)[O-])cc2)N1c1cc(Br)cc(Br)c1. The van der Waals surface area contributed by atoms with E-state index in [-0.39, 0.29) is 23.6 Å². The van der Waals surface area contributed by atoms with E-state index in [9.17, 15) is 14.9 Å². The Hall–Kier alpha value is -3.29. The highest BCUT2D eigenvalue weighted by Crippen LogP contribution is 2.50. The third-order valence-corrected chi connectivity index (χ3v) is 6.96. The molecule has 4 aromatic rings. The maximum atomic E-state index is 13.5. The van der Waals surface area contributed by atoms with Gasteiger partial charge in [0.1, 0.15) is 0 Å². The van der Waals surface area contributed by atoms with Crippen LogP contribution in [0.1, 0.15) is 23.1 Å². The quantitative estimate of drug-likeness (QED) is 0.139. The molecule has 0 N–H and O–H groups in total. The molecule has 5 nitrogen and oxygen atoms in total. The molecule has 0 unspecified atom stereocenters. The standard InChI is InChI=1S/C27H18Br2N2O3/c28-21-14-22(29)16-24(15-21)30-26(20-10-12-23(13-11-20)31(33)34)25(27(30)32)19-8-6-18(7-9-19)17-4-2-1-3-5-17/h1-16,25-26H/t25-,26-/m1/s1. The van der Waals surface area contributed by atoms with Gasteiger partial charge in [0.2, 0.25) is 5.91 Å². The van der Waals surface area contributed by atoms with Crippen molar-refractivity contribution in [3.63, 3.8) is 0 Å². The molecule has 0 spiro atoms. The van der Waals surface area contributed by atoms with E-state index in [4.69, 9.17) is 0 Å². The molecule has 1 saturated heterocycles.